The standard InChI is InChI=1S/C15H22BrNO/c1-4-6-10-18-15-8-7-13(16)11-14(15)12(3)17-9-5-2/h4,6-8,11-12,17H,5,9-10H2,1-3H3/b6-4+. The molecule has 100 valence electrons. The van der Waals surface area contributed by atoms with Crippen LogP contribution in [-0.2, 0) is 0 Å². The van der Waals surface area contributed by atoms with Gasteiger partial charge in [0.1, 0.15) is 12.4 Å². The summed E-state index contributed by atoms with van der Waals surface area (Å²) in [6.45, 7) is 7.97. The molecule has 0 saturated carbocycles. The van der Waals surface area contributed by atoms with Crippen molar-refractivity contribution in [3.63, 3.8) is 0 Å². The van der Waals surface area contributed by atoms with Crippen LogP contribution in [0, 0.1) is 0 Å². The minimum Gasteiger partial charge on any atom is -0.489 e. The van der Waals surface area contributed by atoms with E-state index in [2.05, 4.69) is 41.2 Å². The van der Waals surface area contributed by atoms with Gasteiger partial charge in [-0.3, -0.25) is 0 Å². The van der Waals surface area contributed by atoms with Crippen molar-refractivity contribution in [3.8, 4) is 5.75 Å². The summed E-state index contributed by atoms with van der Waals surface area (Å²) in [6.07, 6.45) is 5.14. The van der Waals surface area contributed by atoms with E-state index in [-0.39, 0.29) is 0 Å². The Kier molecular flexibility index (Phi) is 7.06. The van der Waals surface area contributed by atoms with Crippen molar-refractivity contribution in [1.29, 1.82) is 0 Å². The maximum atomic E-state index is 5.79. The molecule has 0 aromatic heterocycles. The van der Waals surface area contributed by atoms with Crippen molar-refractivity contribution in [2.75, 3.05) is 13.2 Å². The summed E-state index contributed by atoms with van der Waals surface area (Å²) in [5.41, 5.74) is 1.20. The highest BCUT2D eigenvalue weighted by Gasteiger charge is 2.11. The van der Waals surface area contributed by atoms with Crippen molar-refractivity contribution in [2.45, 2.75) is 33.2 Å². The smallest absolute Gasteiger partial charge is 0.124 e. The molecule has 0 aliphatic rings. The molecule has 0 saturated heterocycles. The molecule has 18 heavy (non-hydrogen) atoms. The lowest BCUT2D eigenvalue weighted by atomic mass is 10.1. The summed E-state index contributed by atoms with van der Waals surface area (Å²) in [6, 6.07) is 6.45. The van der Waals surface area contributed by atoms with Gasteiger partial charge in [-0.15, -0.1) is 0 Å². The first-order valence-corrected chi connectivity index (χ1v) is 7.25. The molecule has 0 fully saturated rings. The Morgan fingerprint density at radius 2 is 2.22 bits per heavy atom. The third-order valence-electron chi connectivity index (χ3n) is 2.71. The van der Waals surface area contributed by atoms with Crippen LogP contribution in [0.4, 0.5) is 0 Å². The number of allylic oxidation sites excluding steroid dienone is 1. The number of ether oxygens (including phenoxy) is 1. The van der Waals surface area contributed by atoms with E-state index in [1.165, 1.54) is 5.56 Å². The van der Waals surface area contributed by atoms with Crippen LogP contribution in [0.15, 0.2) is 34.8 Å². The zero-order chi connectivity index (χ0) is 13.4. The van der Waals surface area contributed by atoms with Gasteiger partial charge in [0, 0.05) is 16.1 Å². The van der Waals surface area contributed by atoms with E-state index in [0.717, 1.165) is 23.2 Å². The molecule has 1 atom stereocenters. The highest BCUT2D eigenvalue weighted by atomic mass is 79.9. The monoisotopic (exact) mass is 311 g/mol. The van der Waals surface area contributed by atoms with Gasteiger partial charge < -0.3 is 10.1 Å². The number of benzene rings is 1. The number of halogens is 1. The molecule has 1 rings (SSSR count). The lowest BCUT2D eigenvalue weighted by Gasteiger charge is -2.18. The van der Waals surface area contributed by atoms with E-state index < -0.39 is 0 Å². The summed E-state index contributed by atoms with van der Waals surface area (Å²) < 4.78 is 6.87. The molecule has 0 amide bonds. The second kappa shape index (κ2) is 8.33. The molecule has 1 N–H and O–H groups in total. The van der Waals surface area contributed by atoms with Gasteiger partial charge in [-0.25, -0.2) is 0 Å². The molecule has 2 nitrogen and oxygen atoms in total. The molecule has 3 heteroatoms. The average molecular weight is 312 g/mol. The fourth-order valence-corrected chi connectivity index (χ4v) is 2.07. The second-order valence-corrected chi connectivity index (χ2v) is 5.15. The summed E-state index contributed by atoms with van der Waals surface area (Å²) in [7, 11) is 0. The topological polar surface area (TPSA) is 21.3 Å². The van der Waals surface area contributed by atoms with Crippen molar-refractivity contribution < 1.29 is 4.74 Å². The van der Waals surface area contributed by atoms with Crippen LogP contribution >= 0.6 is 15.9 Å². The summed E-state index contributed by atoms with van der Waals surface area (Å²) in [4.78, 5) is 0. The third kappa shape index (κ3) is 4.83. The Balaban J connectivity index is 2.81. The first-order valence-electron chi connectivity index (χ1n) is 6.45. The Labute approximate surface area is 119 Å². The maximum absolute atomic E-state index is 5.79. The van der Waals surface area contributed by atoms with Gasteiger partial charge in [-0.1, -0.05) is 35.0 Å². The van der Waals surface area contributed by atoms with Gasteiger partial charge in [-0.05, 0) is 45.0 Å². The Bertz CT molecular complexity index is 390. The number of nitrogens with one attached hydrogen (secondary N) is 1. The average Bonchev–Trinajstić information content (AvgIpc) is 2.38. The largest absolute Gasteiger partial charge is 0.489 e. The summed E-state index contributed by atoms with van der Waals surface area (Å²) in [5, 5.41) is 3.49. The fraction of sp³-hybridized carbons (Fsp3) is 0.467. The van der Waals surface area contributed by atoms with Gasteiger partial charge in [0.25, 0.3) is 0 Å². The lowest BCUT2D eigenvalue weighted by molar-refractivity contribution is 0.353. The molecule has 0 aliphatic heterocycles. The van der Waals surface area contributed by atoms with E-state index in [4.69, 9.17) is 4.74 Å². The SMILES string of the molecule is C/C=C/COc1ccc(Br)cc1C(C)NCCC. The molecule has 1 unspecified atom stereocenters. The van der Waals surface area contributed by atoms with Gasteiger partial charge in [0.05, 0.1) is 0 Å². The van der Waals surface area contributed by atoms with Crippen LogP contribution in [0.1, 0.15) is 38.8 Å². The van der Waals surface area contributed by atoms with E-state index >= 15 is 0 Å². The summed E-state index contributed by atoms with van der Waals surface area (Å²) >= 11 is 3.52. The van der Waals surface area contributed by atoms with E-state index in [0.29, 0.717) is 12.6 Å². The number of hydrogen-bond donors (Lipinski definition) is 1. The molecule has 0 aliphatic carbocycles. The van der Waals surface area contributed by atoms with Crippen molar-refractivity contribution >= 4 is 15.9 Å². The summed E-state index contributed by atoms with van der Waals surface area (Å²) in [5.74, 6) is 0.951. The maximum Gasteiger partial charge on any atom is 0.124 e. The first kappa shape index (κ1) is 15.3. The van der Waals surface area contributed by atoms with Gasteiger partial charge in [0.15, 0.2) is 0 Å². The Hall–Kier alpha value is -0.800. The van der Waals surface area contributed by atoms with Crippen molar-refractivity contribution in [3.05, 3.63) is 40.4 Å². The Morgan fingerprint density at radius 1 is 1.44 bits per heavy atom. The Morgan fingerprint density at radius 3 is 2.89 bits per heavy atom. The molecular formula is C15H22BrNO. The molecule has 0 spiro atoms. The van der Waals surface area contributed by atoms with Gasteiger partial charge in [-0.2, -0.15) is 0 Å². The minimum absolute atomic E-state index is 0.294. The molecule has 1 aromatic rings. The van der Waals surface area contributed by atoms with E-state index in [1.54, 1.807) is 0 Å². The van der Waals surface area contributed by atoms with Crippen LogP contribution in [0.2, 0.25) is 0 Å². The number of rotatable bonds is 7. The van der Waals surface area contributed by atoms with Crippen LogP contribution in [-0.4, -0.2) is 13.2 Å². The predicted octanol–water partition coefficient (Wildman–Crippen LogP) is 4.46. The zero-order valence-corrected chi connectivity index (χ0v) is 13.0. The zero-order valence-electron chi connectivity index (χ0n) is 11.4. The molecule has 0 bridgehead atoms. The quantitative estimate of drug-likeness (QED) is 0.750. The van der Waals surface area contributed by atoms with Crippen LogP contribution in [0.3, 0.4) is 0 Å². The van der Waals surface area contributed by atoms with Crippen LogP contribution in [0.25, 0.3) is 0 Å². The lowest BCUT2D eigenvalue weighted by Crippen LogP contribution is -2.20. The normalized spacial score (nSPS) is 12.9. The second-order valence-electron chi connectivity index (χ2n) is 4.24. The predicted molar refractivity (Wildman–Crippen MR) is 81.2 cm³/mol. The molecule has 0 heterocycles. The fourth-order valence-electron chi connectivity index (χ4n) is 1.69. The van der Waals surface area contributed by atoms with Crippen molar-refractivity contribution in [2.24, 2.45) is 0 Å². The minimum atomic E-state index is 0.294. The number of hydrogen-bond acceptors (Lipinski definition) is 2. The highest BCUT2D eigenvalue weighted by Crippen LogP contribution is 2.28. The van der Waals surface area contributed by atoms with Crippen LogP contribution < -0.4 is 10.1 Å². The molecular weight excluding hydrogens is 290 g/mol. The first-order chi connectivity index (χ1) is 8.69. The highest BCUT2D eigenvalue weighted by molar-refractivity contribution is 9.10. The molecule has 0 radical (unpaired) electrons. The van der Waals surface area contributed by atoms with Gasteiger partial charge in [0.2, 0.25) is 0 Å². The van der Waals surface area contributed by atoms with E-state index in [9.17, 15) is 0 Å². The molecule has 1 aromatic carbocycles. The van der Waals surface area contributed by atoms with Crippen LogP contribution in [0.5, 0.6) is 5.75 Å². The third-order valence-corrected chi connectivity index (χ3v) is 3.20. The van der Waals surface area contributed by atoms with Gasteiger partial charge >= 0.3 is 0 Å². The van der Waals surface area contributed by atoms with Crippen molar-refractivity contribution in [1.82, 2.24) is 5.32 Å². The van der Waals surface area contributed by atoms with E-state index in [1.807, 2.05) is 31.2 Å².